The van der Waals surface area contributed by atoms with Crippen molar-refractivity contribution in [3.8, 4) is 11.8 Å². The van der Waals surface area contributed by atoms with Gasteiger partial charge in [0, 0.05) is 24.3 Å². The fourth-order valence-corrected chi connectivity index (χ4v) is 1.32. The Morgan fingerprint density at radius 2 is 1.93 bits per heavy atom. The van der Waals surface area contributed by atoms with E-state index in [4.69, 9.17) is 15.2 Å². The Bertz CT molecular complexity index is 241. The maximum absolute atomic E-state index is 5.92. The highest BCUT2D eigenvalue weighted by molar-refractivity contribution is 5.08. The van der Waals surface area contributed by atoms with Crippen molar-refractivity contribution in [3.05, 3.63) is 0 Å². The molecule has 0 amide bonds. The summed E-state index contributed by atoms with van der Waals surface area (Å²) >= 11 is 0. The Morgan fingerprint density at radius 3 is 2.47 bits per heavy atom. The molecular formula is C12H21NO2. The van der Waals surface area contributed by atoms with E-state index in [2.05, 4.69) is 32.6 Å². The van der Waals surface area contributed by atoms with Crippen LogP contribution in [0.5, 0.6) is 0 Å². The van der Waals surface area contributed by atoms with Crippen LogP contribution in [0.2, 0.25) is 0 Å². The number of hydrogen-bond acceptors (Lipinski definition) is 3. The summed E-state index contributed by atoms with van der Waals surface area (Å²) in [6.07, 6.45) is 1.33. The third kappa shape index (κ3) is 5.78. The van der Waals surface area contributed by atoms with Gasteiger partial charge in [0.05, 0.1) is 13.2 Å². The number of rotatable bonds is 3. The highest BCUT2D eigenvalue weighted by Gasteiger charge is 2.18. The number of ether oxygens (including phenoxy) is 2. The van der Waals surface area contributed by atoms with E-state index in [0.717, 1.165) is 6.42 Å². The van der Waals surface area contributed by atoms with Crippen LogP contribution in [0.3, 0.4) is 0 Å². The smallest absolute Gasteiger partial charge is 0.159 e. The second kappa shape index (κ2) is 5.50. The van der Waals surface area contributed by atoms with Crippen molar-refractivity contribution in [1.29, 1.82) is 0 Å². The van der Waals surface area contributed by atoms with Crippen molar-refractivity contribution in [2.75, 3.05) is 13.2 Å². The molecule has 0 aromatic rings. The van der Waals surface area contributed by atoms with Crippen LogP contribution in [0, 0.1) is 17.3 Å². The molecule has 0 saturated carbocycles. The van der Waals surface area contributed by atoms with Crippen molar-refractivity contribution in [2.45, 2.75) is 45.9 Å². The minimum atomic E-state index is -0.114. The Labute approximate surface area is 92.3 Å². The molecule has 3 heteroatoms. The molecule has 86 valence electrons. The summed E-state index contributed by atoms with van der Waals surface area (Å²) in [6, 6.07) is 0.0444. The van der Waals surface area contributed by atoms with E-state index in [1.807, 2.05) is 0 Å². The van der Waals surface area contributed by atoms with Crippen LogP contribution in [-0.2, 0) is 9.47 Å². The van der Waals surface area contributed by atoms with E-state index in [9.17, 15) is 0 Å². The van der Waals surface area contributed by atoms with E-state index in [0.29, 0.717) is 19.6 Å². The second-order valence-corrected chi connectivity index (χ2v) is 4.92. The van der Waals surface area contributed by atoms with Crippen molar-refractivity contribution in [3.63, 3.8) is 0 Å². The van der Waals surface area contributed by atoms with Crippen molar-refractivity contribution in [2.24, 2.45) is 11.1 Å². The van der Waals surface area contributed by atoms with Gasteiger partial charge in [0.25, 0.3) is 0 Å². The van der Waals surface area contributed by atoms with Crippen molar-refractivity contribution < 1.29 is 9.47 Å². The summed E-state index contributed by atoms with van der Waals surface area (Å²) in [5, 5.41) is 0. The lowest BCUT2D eigenvalue weighted by molar-refractivity contribution is -0.0502. The van der Waals surface area contributed by atoms with Crippen LogP contribution < -0.4 is 5.73 Å². The topological polar surface area (TPSA) is 44.5 Å². The van der Waals surface area contributed by atoms with Crippen LogP contribution in [0.15, 0.2) is 0 Å². The molecule has 1 aliphatic rings. The third-order valence-corrected chi connectivity index (χ3v) is 2.01. The van der Waals surface area contributed by atoms with Crippen LogP contribution >= 0.6 is 0 Å². The average Bonchev–Trinajstić information content (AvgIpc) is 2.54. The Morgan fingerprint density at radius 1 is 1.33 bits per heavy atom. The van der Waals surface area contributed by atoms with Gasteiger partial charge in [0.1, 0.15) is 0 Å². The first kappa shape index (κ1) is 12.5. The lowest BCUT2D eigenvalue weighted by Gasteiger charge is -2.13. The molecule has 1 saturated heterocycles. The van der Waals surface area contributed by atoms with Gasteiger partial charge in [-0.3, -0.25) is 0 Å². The monoisotopic (exact) mass is 211 g/mol. The molecule has 1 unspecified atom stereocenters. The van der Waals surface area contributed by atoms with E-state index in [-0.39, 0.29) is 17.7 Å². The molecule has 1 fully saturated rings. The first-order valence-corrected chi connectivity index (χ1v) is 5.46. The van der Waals surface area contributed by atoms with Gasteiger partial charge in [0.2, 0.25) is 0 Å². The molecule has 1 rings (SSSR count). The Balaban J connectivity index is 2.22. The summed E-state index contributed by atoms with van der Waals surface area (Å²) in [5.74, 6) is 6.28. The maximum atomic E-state index is 5.92. The van der Waals surface area contributed by atoms with E-state index < -0.39 is 0 Å². The summed E-state index contributed by atoms with van der Waals surface area (Å²) in [5.41, 5.74) is 5.98. The van der Waals surface area contributed by atoms with Gasteiger partial charge in [-0.05, 0) is 20.8 Å². The Kier molecular flexibility index (Phi) is 4.59. The molecule has 0 bridgehead atoms. The van der Waals surface area contributed by atoms with Gasteiger partial charge in [-0.1, -0.05) is 5.92 Å². The SMILES string of the molecule is CC(C)(C)C#CCC(N)CC1OCCO1. The van der Waals surface area contributed by atoms with E-state index >= 15 is 0 Å². The molecule has 3 nitrogen and oxygen atoms in total. The van der Waals surface area contributed by atoms with Gasteiger partial charge < -0.3 is 15.2 Å². The van der Waals surface area contributed by atoms with Gasteiger partial charge in [-0.2, -0.15) is 0 Å². The number of nitrogens with two attached hydrogens (primary N) is 1. The molecule has 1 atom stereocenters. The van der Waals surface area contributed by atoms with Gasteiger partial charge in [-0.25, -0.2) is 0 Å². The van der Waals surface area contributed by atoms with Crippen LogP contribution in [0.1, 0.15) is 33.6 Å². The lowest BCUT2D eigenvalue weighted by atomic mass is 9.97. The fourth-order valence-electron chi connectivity index (χ4n) is 1.32. The first-order chi connectivity index (χ1) is 6.97. The largest absolute Gasteiger partial charge is 0.350 e. The molecule has 0 aromatic heterocycles. The van der Waals surface area contributed by atoms with Crippen LogP contribution in [0.4, 0.5) is 0 Å². The molecule has 1 heterocycles. The highest BCUT2D eigenvalue weighted by atomic mass is 16.7. The summed E-state index contributed by atoms with van der Waals surface area (Å²) in [6.45, 7) is 7.65. The summed E-state index contributed by atoms with van der Waals surface area (Å²) in [4.78, 5) is 0. The Hall–Kier alpha value is -0.560. The van der Waals surface area contributed by atoms with E-state index in [1.165, 1.54) is 0 Å². The zero-order chi connectivity index (χ0) is 11.3. The van der Waals surface area contributed by atoms with Crippen molar-refractivity contribution >= 4 is 0 Å². The maximum Gasteiger partial charge on any atom is 0.159 e. The molecule has 0 radical (unpaired) electrons. The molecule has 1 aliphatic heterocycles. The average molecular weight is 211 g/mol. The minimum Gasteiger partial charge on any atom is -0.350 e. The minimum absolute atomic E-state index is 0.0444. The molecule has 0 aliphatic carbocycles. The molecular weight excluding hydrogens is 190 g/mol. The first-order valence-electron chi connectivity index (χ1n) is 5.46. The second-order valence-electron chi connectivity index (χ2n) is 4.92. The molecule has 0 aromatic carbocycles. The standard InChI is InChI=1S/C12H21NO2/c1-12(2,3)6-4-5-10(13)9-11-14-7-8-15-11/h10-11H,5,7-9,13H2,1-3H3. The van der Waals surface area contributed by atoms with Gasteiger partial charge >= 0.3 is 0 Å². The van der Waals surface area contributed by atoms with Crippen LogP contribution in [0.25, 0.3) is 0 Å². The molecule has 15 heavy (non-hydrogen) atoms. The fraction of sp³-hybridized carbons (Fsp3) is 0.833. The number of hydrogen-bond donors (Lipinski definition) is 1. The van der Waals surface area contributed by atoms with E-state index in [1.54, 1.807) is 0 Å². The lowest BCUT2D eigenvalue weighted by Crippen LogP contribution is -2.26. The molecule has 0 spiro atoms. The summed E-state index contributed by atoms with van der Waals surface area (Å²) in [7, 11) is 0. The zero-order valence-corrected chi connectivity index (χ0v) is 9.88. The van der Waals surface area contributed by atoms with Crippen LogP contribution in [-0.4, -0.2) is 25.5 Å². The quantitative estimate of drug-likeness (QED) is 0.720. The van der Waals surface area contributed by atoms with Gasteiger partial charge in [-0.15, -0.1) is 5.92 Å². The predicted molar refractivity (Wildman–Crippen MR) is 60.1 cm³/mol. The van der Waals surface area contributed by atoms with Crippen molar-refractivity contribution in [1.82, 2.24) is 0 Å². The highest BCUT2D eigenvalue weighted by Crippen LogP contribution is 2.12. The zero-order valence-electron chi connectivity index (χ0n) is 9.88. The van der Waals surface area contributed by atoms with Gasteiger partial charge in [0.15, 0.2) is 6.29 Å². The predicted octanol–water partition coefficient (Wildman–Crippen LogP) is 1.52. The normalized spacial score (nSPS) is 19.7. The molecule has 2 N–H and O–H groups in total. The third-order valence-electron chi connectivity index (χ3n) is 2.01. The summed E-state index contributed by atoms with van der Waals surface area (Å²) < 4.78 is 10.6.